The first kappa shape index (κ1) is 13.5. The van der Waals surface area contributed by atoms with Crippen LogP contribution in [-0.4, -0.2) is 22.3 Å². The summed E-state index contributed by atoms with van der Waals surface area (Å²) in [5, 5.41) is 9.63. The summed E-state index contributed by atoms with van der Waals surface area (Å²) in [5.41, 5.74) is 2.67. The Labute approximate surface area is 126 Å². The molecule has 1 heterocycles. The minimum Gasteiger partial charge on any atom is -0.493 e. The molecule has 0 fully saturated rings. The maximum atomic E-state index is 8.72. The summed E-state index contributed by atoms with van der Waals surface area (Å²) < 4.78 is 5.63. The van der Waals surface area contributed by atoms with E-state index in [1.807, 2.05) is 36.4 Å². The Morgan fingerprint density at radius 1 is 1.14 bits per heavy atom. The van der Waals surface area contributed by atoms with Crippen molar-refractivity contribution in [2.45, 2.75) is 5.16 Å². The smallest absolute Gasteiger partial charge is 0.166 e. The van der Waals surface area contributed by atoms with Crippen LogP contribution in [0.3, 0.4) is 0 Å². The number of hydrogen-bond donors (Lipinski definition) is 1. The van der Waals surface area contributed by atoms with Gasteiger partial charge in [0.05, 0.1) is 29.3 Å². The van der Waals surface area contributed by atoms with Gasteiger partial charge < -0.3 is 9.72 Å². The van der Waals surface area contributed by atoms with Crippen molar-refractivity contribution in [1.82, 2.24) is 9.97 Å². The Morgan fingerprint density at radius 2 is 1.95 bits per heavy atom. The molecule has 1 N–H and O–H groups in total. The van der Waals surface area contributed by atoms with Gasteiger partial charge in [-0.2, -0.15) is 5.26 Å². The van der Waals surface area contributed by atoms with Gasteiger partial charge >= 0.3 is 0 Å². The van der Waals surface area contributed by atoms with Crippen molar-refractivity contribution in [2.75, 3.05) is 12.4 Å². The number of aromatic amines is 1. The van der Waals surface area contributed by atoms with Gasteiger partial charge in [-0.05, 0) is 36.4 Å². The highest BCUT2D eigenvalue weighted by molar-refractivity contribution is 7.99. The molecule has 4 nitrogen and oxygen atoms in total. The topological polar surface area (TPSA) is 61.7 Å². The highest BCUT2D eigenvalue weighted by Gasteiger charge is 2.02. The molecule has 0 aliphatic rings. The van der Waals surface area contributed by atoms with Crippen LogP contribution in [0.4, 0.5) is 0 Å². The Morgan fingerprint density at radius 3 is 2.71 bits per heavy atom. The first-order valence-corrected chi connectivity index (χ1v) is 7.54. The number of aromatic nitrogens is 2. The predicted molar refractivity (Wildman–Crippen MR) is 83.5 cm³/mol. The van der Waals surface area contributed by atoms with Gasteiger partial charge in [-0.3, -0.25) is 0 Å². The minimum atomic E-state index is 0.591. The van der Waals surface area contributed by atoms with Gasteiger partial charge in [-0.15, -0.1) is 0 Å². The molecular formula is C16H13N3OS. The van der Waals surface area contributed by atoms with Crippen LogP contribution >= 0.6 is 11.8 Å². The molecule has 21 heavy (non-hydrogen) atoms. The number of thioether (sulfide) groups is 1. The van der Waals surface area contributed by atoms with Crippen LogP contribution in [0.5, 0.6) is 5.75 Å². The largest absolute Gasteiger partial charge is 0.493 e. The molecule has 0 saturated carbocycles. The molecule has 104 valence electrons. The van der Waals surface area contributed by atoms with Crippen LogP contribution < -0.4 is 4.74 Å². The number of nitriles is 1. The number of imidazole rings is 1. The molecule has 3 aromatic rings. The fourth-order valence-electron chi connectivity index (χ4n) is 1.92. The molecular weight excluding hydrogens is 282 g/mol. The number of para-hydroxylation sites is 2. The van der Waals surface area contributed by atoms with Crippen LogP contribution in [-0.2, 0) is 0 Å². The van der Waals surface area contributed by atoms with Crippen molar-refractivity contribution in [3.05, 3.63) is 54.1 Å². The highest BCUT2D eigenvalue weighted by atomic mass is 32.2. The average Bonchev–Trinajstić information content (AvgIpc) is 2.95. The van der Waals surface area contributed by atoms with Crippen molar-refractivity contribution < 1.29 is 4.74 Å². The second-order valence-electron chi connectivity index (χ2n) is 4.39. The third kappa shape index (κ3) is 3.36. The monoisotopic (exact) mass is 295 g/mol. The van der Waals surface area contributed by atoms with Gasteiger partial charge in [-0.25, -0.2) is 4.98 Å². The Bertz CT molecular complexity index is 741. The summed E-state index contributed by atoms with van der Waals surface area (Å²) >= 11 is 1.63. The number of hydrogen-bond acceptors (Lipinski definition) is 4. The van der Waals surface area contributed by atoms with Crippen LogP contribution in [0.15, 0.2) is 53.7 Å². The van der Waals surface area contributed by atoms with Gasteiger partial charge in [0.2, 0.25) is 0 Å². The van der Waals surface area contributed by atoms with E-state index in [2.05, 4.69) is 16.0 Å². The number of fused-ring (bicyclic) bond motifs is 1. The highest BCUT2D eigenvalue weighted by Crippen LogP contribution is 2.19. The molecule has 2 aromatic carbocycles. The Balaban J connectivity index is 1.50. The Kier molecular flexibility index (Phi) is 4.08. The lowest BCUT2D eigenvalue weighted by Gasteiger charge is -2.04. The fraction of sp³-hybridized carbons (Fsp3) is 0.125. The summed E-state index contributed by atoms with van der Waals surface area (Å²) in [6, 6.07) is 17.2. The molecule has 3 rings (SSSR count). The minimum absolute atomic E-state index is 0.591. The lowest BCUT2D eigenvalue weighted by atomic mass is 10.2. The maximum Gasteiger partial charge on any atom is 0.166 e. The number of H-pyrrole nitrogens is 1. The van der Waals surface area contributed by atoms with Gasteiger partial charge in [0.1, 0.15) is 5.75 Å². The number of ether oxygens (including phenoxy) is 1. The number of rotatable bonds is 5. The van der Waals surface area contributed by atoms with Gasteiger partial charge in [0, 0.05) is 5.75 Å². The number of nitrogens with one attached hydrogen (secondary N) is 1. The van der Waals surface area contributed by atoms with E-state index in [0.29, 0.717) is 12.2 Å². The molecule has 0 aliphatic carbocycles. The van der Waals surface area contributed by atoms with Crippen LogP contribution in [0.25, 0.3) is 11.0 Å². The summed E-state index contributed by atoms with van der Waals surface area (Å²) in [6.45, 7) is 0.591. The third-order valence-electron chi connectivity index (χ3n) is 2.94. The van der Waals surface area contributed by atoms with E-state index < -0.39 is 0 Å². The molecule has 0 atom stereocenters. The number of nitrogens with zero attached hydrogens (tertiary/aromatic N) is 2. The van der Waals surface area contributed by atoms with Crippen LogP contribution in [0.1, 0.15) is 5.56 Å². The zero-order chi connectivity index (χ0) is 14.5. The molecule has 1 aromatic heterocycles. The van der Waals surface area contributed by atoms with Gasteiger partial charge in [-0.1, -0.05) is 23.9 Å². The van der Waals surface area contributed by atoms with E-state index >= 15 is 0 Å². The molecule has 0 aliphatic heterocycles. The Hall–Kier alpha value is -2.45. The van der Waals surface area contributed by atoms with Crippen molar-refractivity contribution in [3.8, 4) is 11.8 Å². The quantitative estimate of drug-likeness (QED) is 0.577. The molecule has 0 spiro atoms. The third-order valence-corrected chi connectivity index (χ3v) is 3.78. The zero-order valence-corrected chi connectivity index (χ0v) is 12.1. The zero-order valence-electron chi connectivity index (χ0n) is 11.2. The van der Waals surface area contributed by atoms with E-state index in [0.717, 1.165) is 27.7 Å². The molecule has 0 unspecified atom stereocenters. The lowest BCUT2D eigenvalue weighted by Crippen LogP contribution is -2.00. The van der Waals surface area contributed by atoms with E-state index in [4.69, 9.17) is 10.00 Å². The average molecular weight is 295 g/mol. The molecule has 0 bridgehead atoms. The van der Waals surface area contributed by atoms with Crippen molar-refractivity contribution in [2.24, 2.45) is 0 Å². The SMILES string of the molecule is N#Cc1ccc(OCCSc2nc3ccccc3[nH]2)cc1. The first-order valence-electron chi connectivity index (χ1n) is 6.56. The van der Waals surface area contributed by atoms with E-state index in [9.17, 15) is 0 Å². The van der Waals surface area contributed by atoms with E-state index in [1.54, 1.807) is 23.9 Å². The fourth-order valence-corrected chi connectivity index (χ4v) is 2.63. The number of benzene rings is 2. The summed E-state index contributed by atoms with van der Waals surface area (Å²) in [4.78, 5) is 7.77. The molecule has 0 radical (unpaired) electrons. The summed E-state index contributed by atoms with van der Waals surface area (Å²) in [5.74, 6) is 1.58. The van der Waals surface area contributed by atoms with E-state index in [1.165, 1.54) is 0 Å². The maximum absolute atomic E-state index is 8.72. The van der Waals surface area contributed by atoms with Crippen LogP contribution in [0, 0.1) is 11.3 Å². The predicted octanol–water partition coefficient (Wildman–Crippen LogP) is 3.61. The second kappa shape index (κ2) is 6.33. The molecule has 0 saturated heterocycles. The van der Waals surface area contributed by atoms with Crippen LogP contribution in [0.2, 0.25) is 0 Å². The normalized spacial score (nSPS) is 10.4. The second-order valence-corrected chi connectivity index (χ2v) is 5.48. The van der Waals surface area contributed by atoms with E-state index in [-0.39, 0.29) is 0 Å². The first-order chi connectivity index (χ1) is 10.3. The van der Waals surface area contributed by atoms with Crippen molar-refractivity contribution in [1.29, 1.82) is 5.26 Å². The summed E-state index contributed by atoms with van der Waals surface area (Å²) in [7, 11) is 0. The molecule has 5 heteroatoms. The van der Waals surface area contributed by atoms with Gasteiger partial charge in [0.25, 0.3) is 0 Å². The van der Waals surface area contributed by atoms with Crippen molar-refractivity contribution >= 4 is 22.8 Å². The van der Waals surface area contributed by atoms with Crippen molar-refractivity contribution in [3.63, 3.8) is 0 Å². The summed E-state index contributed by atoms with van der Waals surface area (Å²) in [6.07, 6.45) is 0. The lowest BCUT2D eigenvalue weighted by molar-refractivity contribution is 0.344. The van der Waals surface area contributed by atoms with Gasteiger partial charge in [0.15, 0.2) is 5.16 Å². The molecule has 0 amide bonds. The standard InChI is InChI=1S/C16H13N3OS/c17-11-12-5-7-13(8-6-12)20-9-10-21-16-18-14-3-1-2-4-15(14)19-16/h1-8H,9-10H2,(H,18,19).